The van der Waals surface area contributed by atoms with Gasteiger partial charge in [0.2, 0.25) is 0 Å². The molecule has 7 nitrogen and oxygen atoms in total. The van der Waals surface area contributed by atoms with Crippen LogP contribution >= 0.6 is 0 Å². The van der Waals surface area contributed by atoms with Crippen molar-refractivity contribution in [3.63, 3.8) is 0 Å². The highest BCUT2D eigenvalue weighted by Gasteiger charge is 2.32. The fourth-order valence-electron chi connectivity index (χ4n) is 2.78. The predicted molar refractivity (Wildman–Crippen MR) is 80.9 cm³/mol. The summed E-state index contributed by atoms with van der Waals surface area (Å²) in [5.74, 6) is -0.131. The van der Waals surface area contributed by atoms with Gasteiger partial charge in [-0.1, -0.05) is 12.1 Å². The van der Waals surface area contributed by atoms with Crippen LogP contribution in [0.15, 0.2) is 36.9 Å². The van der Waals surface area contributed by atoms with Gasteiger partial charge in [0.25, 0.3) is 5.91 Å². The highest BCUT2D eigenvalue weighted by atomic mass is 16.5. The average molecular weight is 301 g/mol. The van der Waals surface area contributed by atoms with E-state index < -0.39 is 0 Å². The Morgan fingerprint density at radius 3 is 2.91 bits per heavy atom. The van der Waals surface area contributed by atoms with E-state index in [9.17, 15) is 4.79 Å². The molecule has 0 radical (unpaired) electrons. The van der Waals surface area contributed by atoms with Crippen LogP contribution in [0.25, 0.3) is 5.69 Å². The van der Waals surface area contributed by atoms with Crippen LogP contribution in [0.5, 0.6) is 0 Å². The lowest BCUT2D eigenvalue weighted by atomic mass is 10.1. The zero-order chi connectivity index (χ0) is 15.5. The molecule has 0 saturated carbocycles. The third kappa shape index (κ3) is 2.86. The molecule has 22 heavy (non-hydrogen) atoms. The number of para-hydroxylation sites is 1. The first-order valence-corrected chi connectivity index (χ1v) is 7.15. The summed E-state index contributed by atoms with van der Waals surface area (Å²) in [6.07, 6.45) is 3.03. The molecule has 2 heterocycles. The first kappa shape index (κ1) is 14.7. The van der Waals surface area contributed by atoms with Crippen molar-refractivity contribution in [2.24, 2.45) is 0 Å². The number of likely N-dealkylation sites (N-methyl/N-ethyl adjacent to an activating group) is 1. The lowest BCUT2D eigenvalue weighted by Gasteiger charge is -2.19. The fraction of sp³-hybridized carbons (Fsp3) is 0.400. The van der Waals surface area contributed by atoms with Crippen molar-refractivity contribution < 1.29 is 9.53 Å². The fourth-order valence-corrected chi connectivity index (χ4v) is 2.78. The Morgan fingerprint density at radius 1 is 1.36 bits per heavy atom. The Balaban J connectivity index is 1.81. The molecule has 1 aromatic heterocycles. The summed E-state index contributed by atoms with van der Waals surface area (Å²) in [6, 6.07) is 7.32. The number of methoxy groups -OCH3 is 1. The molecule has 2 atom stereocenters. The van der Waals surface area contributed by atoms with E-state index in [0.717, 1.165) is 13.1 Å². The zero-order valence-electron chi connectivity index (χ0n) is 12.6. The second kappa shape index (κ2) is 6.25. The lowest BCUT2D eigenvalue weighted by Crippen LogP contribution is -2.43. The first-order chi connectivity index (χ1) is 10.7. The largest absolute Gasteiger partial charge is 0.378 e. The molecule has 7 heteroatoms. The van der Waals surface area contributed by atoms with Gasteiger partial charge < -0.3 is 15.0 Å². The molecule has 0 aliphatic carbocycles. The zero-order valence-corrected chi connectivity index (χ0v) is 12.6. The Bertz CT molecular complexity index is 643. The standard InChI is InChI=1S/C15H19N5O2/c1-19-7-12(14(8-19)22-2)18-15(21)11-5-3-4-6-13(11)20-10-16-9-17-20/h3-6,9-10,12,14H,7-8H2,1-2H3,(H,18,21)/t12-,14-/m0/s1. The summed E-state index contributed by atoms with van der Waals surface area (Å²) in [7, 11) is 3.69. The van der Waals surface area contributed by atoms with Gasteiger partial charge in [0.1, 0.15) is 12.7 Å². The smallest absolute Gasteiger partial charge is 0.253 e. The van der Waals surface area contributed by atoms with Gasteiger partial charge in [-0.2, -0.15) is 5.10 Å². The van der Waals surface area contributed by atoms with Gasteiger partial charge in [-0.05, 0) is 19.2 Å². The molecular formula is C15H19N5O2. The van der Waals surface area contributed by atoms with Gasteiger partial charge in [0.15, 0.2) is 0 Å². The number of hydrogen-bond donors (Lipinski definition) is 1. The van der Waals surface area contributed by atoms with Crippen LogP contribution in [-0.2, 0) is 4.74 Å². The van der Waals surface area contributed by atoms with Gasteiger partial charge >= 0.3 is 0 Å². The van der Waals surface area contributed by atoms with E-state index in [4.69, 9.17) is 4.74 Å². The minimum absolute atomic E-state index is 0.00693. The molecule has 2 aromatic rings. The molecule has 1 aromatic carbocycles. The number of carbonyl (C=O) groups excluding carboxylic acids is 1. The maximum Gasteiger partial charge on any atom is 0.253 e. The highest BCUT2D eigenvalue weighted by molar-refractivity contribution is 5.98. The van der Waals surface area contributed by atoms with E-state index in [-0.39, 0.29) is 18.1 Å². The van der Waals surface area contributed by atoms with E-state index in [0.29, 0.717) is 11.3 Å². The molecule has 1 aliphatic heterocycles. The highest BCUT2D eigenvalue weighted by Crippen LogP contribution is 2.16. The van der Waals surface area contributed by atoms with Crippen LogP contribution in [0.4, 0.5) is 0 Å². The van der Waals surface area contributed by atoms with Gasteiger partial charge in [0.05, 0.1) is 23.4 Å². The number of ether oxygens (including phenoxy) is 1. The molecule has 0 bridgehead atoms. The normalized spacial score (nSPS) is 21.9. The van der Waals surface area contributed by atoms with Gasteiger partial charge in [-0.3, -0.25) is 4.79 Å². The van der Waals surface area contributed by atoms with Crippen LogP contribution < -0.4 is 5.32 Å². The van der Waals surface area contributed by atoms with E-state index >= 15 is 0 Å². The molecule has 116 valence electrons. The third-order valence-electron chi connectivity index (χ3n) is 3.88. The van der Waals surface area contributed by atoms with E-state index in [1.165, 1.54) is 6.33 Å². The minimum atomic E-state index is -0.131. The van der Waals surface area contributed by atoms with Crippen molar-refractivity contribution >= 4 is 5.91 Å². The summed E-state index contributed by atoms with van der Waals surface area (Å²) in [6.45, 7) is 1.59. The molecule has 1 fully saturated rings. The molecule has 1 saturated heterocycles. The van der Waals surface area contributed by atoms with Crippen LogP contribution in [0.3, 0.4) is 0 Å². The summed E-state index contributed by atoms with van der Waals surface area (Å²) >= 11 is 0. The van der Waals surface area contributed by atoms with Crippen LogP contribution in [0, 0.1) is 0 Å². The predicted octanol–water partition coefficient (Wildman–Crippen LogP) is 0.326. The van der Waals surface area contributed by atoms with E-state index in [1.807, 2.05) is 25.2 Å². The molecule has 3 rings (SSSR count). The Hall–Kier alpha value is -2.25. The van der Waals surface area contributed by atoms with Gasteiger partial charge in [-0.15, -0.1) is 0 Å². The minimum Gasteiger partial charge on any atom is -0.378 e. The monoisotopic (exact) mass is 301 g/mol. The SMILES string of the molecule is CO[C@H]1CN(C)C[C@@H]1NC(=O)c1ccccc1-n1cncn1. The van der Waals surface area contributed by atoms with Crippen molar-refractivity contribution in [1.82, 2.24) is 25.0 Å². The number of likely N-dealkylation sites (tertiary alicyclic amines) is 1. The molecule has 1 N–H and O–H groups in total. The van der Waals surface area contributed by atoms with E-state index in [1.54, 1.807) is 24.2 Å². The molecule has 0 unspecified atom stereocenters. The van der Waals surface area contributed by atoms with Crippen LogP contribution in [0.1, 0.15) is 10.4 Å². The summed E-state index contributed by atoms with van der Waals surface area (Å²) in [4.78, 5) is 18.7. The number of benzene rings is 1. The van der Waals surface area contributed by atoms with E-state index in [2.05, 4.69) is 20.3 Å². The van der Waals surface area contributed by atoms with Gasteiger partial charge in [-0.25, -0.2) is 9.67 Å². The lowest BCUT2D eigenvalue weighted by molar-refractivity contribution is 0.0766. The first-order valence-electron chi connectivity index (χ1n) is 7.15. The molecule has 1 amide bonds. The maximum atomic E-state index is 12.6. The van der Waals surface area contributed by atoms with Crippen molar-refractivity contribution in [3.8, 4) is 5.69 Å². The number of amides is 1. The van der Waals surface area contributed by atoms with Crippen molar-refractivity contribution in [1.29, 1.82) is 0 Å². The average Bonchev–Trinajstić information content (AvgIpc) is 3.16. The summed E-state index contributed by atoms with van der Waals surface area (Å²) < 4.78 is 7.04. The van der Waals surface area contributed by atoms with Crippen molar-refractivity contribution in [3.05, 3.63) is 42.5 Å². The molecule has 0 spiro atoms. The number of aromatic nitrogens is 3. The molecule has 1 aliphatic rings. The Labute approximate surface area is 128 Å². The second-order valence-electron chi connectivity index (χ2n) is 5.43. The second-order valence-corrected chi connectivity index (χ2v) is 5.43. The number of nitrogens with one attached hydrogen (secondary N) is 1. The van der Waals surface area contributed by atoms with Crippen LogP contribution in [-0.4, -0.2) is 65.0 Å². The number of rotatable bonds is 4. The number of nitrogens with zero attached hydrogens (tertiary/aromatic N) is 4. The quantitative estimate of drug-likeness (QED) is 0.881. The van der Waals surface area contributed by atoms with Crippen molar-refractivity contribution in [2.45, 2.75) is 12.1 Å². The number of hydrogen-bond acceptors (Lipinski definition) is 5. The summed E-state index contributed by atoms with van der Waals surface area (Å²) in [5, 5.41) is 7.16. The Morgan fingerprint density at radius 2 is 2.18 bits per heavy atom. The Kier molecular flexibility index (Phi) is 4.17. The third-order valence-corrected chi connectivity index (χ3v) is 3.88. The summed E-state index contributed by atoms with van der Waals surface area (Å²) in [5.41, 5.74) is 1.27. The number of carbonyl (C=O) groups is 1. The molecular weight excluding hydrogens is 282 g/mol. The van der Waals surface area contributed by atoms with Crippen molar-refractivity contribution in [2.75, 3.05) is 27.2 Å². The maximum absolute atomic E-state index is 12.6. The van der Waals surface area contributed by atoms with Gasteiger partial charge in [0, 0.05) is 20.2 Å². The van der Waals surface area contributed by atoms with Crippen LogP contribution in [0.2, 0.25) is 0 Å². The topological polar surface area (TPSA) is 72.3 Å².